The summed E-state index contributed by atoms with van der Waals surface area (Å²) in [6, 6.07) is 11.7. The number of benzene rings is 1. The molecule has 34 heavy (non-hydrogen) atoms. The van der Waals surface area contributed by atoms with Crippen molar-refractivity contribution in [2.24, 2.45) is 5.92 Å². The number of rotatable bonds is 22. The summed E-state index contributed by atoms with van der Waals surface area (Å²) in [6.45, 7) is 4.61. The third-order valence-electron chi connectivity index (χ3n) is 7.57. The van der Waals surface area contributed by atoms with Crippen LogP contribution in [0.3, 0.4) is 0 Å². The highest BCUT2D eigenvalue weighted by molar-refractivity contribution is 5.15. The van der Waals surface area contributed by atoms with Crippen LogP contribution in [0.25, 0.3) is 0 Å². The predicted molar refractivity (Wildman–Crippen MR) is 149 cm³/mol. The van der Waals surface area contributed by atoms with Gasteiger partial charge in [0.25, 0.3) is 0 Å². The van der Waals surface area contributed by atoms with Gasteiger partial charge in [0, 0.05) is 18.4 Å². The molecule has 2 aromatic rings. The molecule has 0 aliphatic heterocycles. The SMILES string of the molecule is CCCCCCCCCCCCCCC(C(CCCCCC)Cc1ccccc1)n1ccnc1. The molecular weight excluding hydrogens is 412 g/mol. The third-order valence-corrected chi connectivity index (χ3v) is 7.57. The highest BCUT2D eigenvalue weighted by Crippen LogP contribution is 2.32. The topological polar surface area (TPSA) is 17.8 Å². The molecule has 0 saturated carbocycles. The molecule has 0 N–H and O–H groups in total. The first-order valence-electron chi connectivity index (χ1n) is 14.9. The van der Waals surface area contributed by atoms with Gasteiger partial charge in [-0.15, -0.1) is 0 Å². The first-order valence-corrected chi connectivity index (χ1v) is 14.9. The Labute approximate surface area is 212 Å². The van der Waals surface area contributed by atoms with E-state index < -0.39 is 0 Å². The monoisotopic (exact) mass is 466 g/mol. The lowest BCUT2D eigenvalue weighted by molar-refractivity contribution is 0.275. The van der Waals surface area contributed by atoms with Gasteiger partial charge in [0.15, 0.2) is 0 Å². The van der Waals surface area contributed by atoms with Crippen molar-refractivity contribution >= 4 is 0 Å². The molecule has 1 heterocycles. The van der Waals surface area contributed by atoms with Crippen LogP contribution < -0.4 is 0 Å². The van der Waals surface area contributed by atoms with E-state index in [9.17, 15) is 0 Å². The summed E-state index contributed by atoms with van der Waals surface area (Å²) in [5.74, 6) is 0.696. The molecule has 0 amide bonds. The van der Waals surface area contributed by atoms with Crippen molar-refractivity contribution < 1.29 is 0 Å². The molecule has 0 saturated heterocycles. The van der Waals surface area contributed by atoms with E-state index in [0.29, 0.717) is 12.0 Å². The van der Waals surface area contributed by atoms with Gasteiger partial charge in [0.1, 0.15) is 0 Å². The third kappa shape index (κ3) is 12.8. The van der Waals surface area contributed by atoms with Crippen LogP contribution in [-0.2, 0) is 6.42 Å². The van der Waals surface area contributed by atoms with Crippen molar-refractivity contribution in [3.05, 3.63) is 54.6 Å². The van der Waals surface area contributed by atoms with Gasteiger partial charge < -0.3 is 4.57 Å². The van der Waals surface area contributed by atoms with Crippen molar-refractivity contribution in [1.82, 2.24) is 9.55 Å². The largest absolute Gasteiger partial charge is 0.334 e. The Morgan fingerprint density at radius 3 is 1.74 bits per heavy atom. The number of nitrogens with zero attached hydrogens (tertiary/aromatic N) is 2. The number of unbranched alkanes of at least 4 members (excludes halogenated alkanes) is 14. The van der Waals surface area contributed by atoms with Gasteiger partial charge in [-0.2, -0.15) is 0 Å². The van der Waals surface area contributed by atoms with Crippen LogP contribution in [0, 0.1) is 5.92 Å². The first kappa shape index (κ1) is 28.7. The summed E-state index contributed by atoms with van der Waals surface area (Å²) in [7, 11) is 0. The highest BCUT2D eigenvalue weighted by atomic mass is 15.1. The maximum Gasteiger partial charge on any atom is 0.0948 e. The van der Waals surface area contributed by atoms with Crippen LogP contribution in [0.1, 0.15) is 141 Å². The van der Waals surface area contributed by atoms with Crippen molar-refractivity contribution in [3.8, 4) is 0 Å². The second-order valence-electron chi connectivity index (χ2n) is 10.6. The summed E-state index contributed by atoms with van der Waals surface area (Å²) in [5.41, 5.74) is 1.49. The lowest BCUT2D eigenvalue weighted by Gasteiger charge is -2.29. The summed E-state index contributed by atoms with van der Waals surface area (Å²) < 4.78 is 2.42. The summed E-state index contributed by atoms with van der Waals surface area (Å²) in [4.78, 5) is 4.41. The van der Waals surface area contributed by atoms with Gasteiger partial charge in [-0.1, -0.05) is 147 Å². The van der Waals surface area contributed by atoms with Crippen molar-refractivity contribution in [1.29, 1.82) is 0 Å². The molecule has 192 valence electrons. The maximum atomic E-state index is 4.41. The van der Waals surface area contributed by atoms with E-state index in [1.54, 1.807) is 0 Å². The van der Waals surface area contributed by atoms with Crippen LogP contribution >= 0.6 is 0 Å². The number of aromatic nitrogens is 2. The predicted octanol–water partition coefficient (Wildman–Crippen LogP) is 10.3. The molecule has 0 bridgehead atoms. The molecular formula is C32H54N2. The molecule has 0 aliphatic carbocycles. The Hall–Kier alpha value is -1.57. The van der Waals surface area contributed by atoms with Gasteiger partial charge in [-0.25, -0.2) is 4.98 Å². The zero-order valence-corrected chi connectivity index (χ0v) is 22.6. The molecule has 2 nitrogen and oxygen atoms in total. The van der Waals surface area contributed by atoms with Crippen molar-refractivity contribution in [3.63, 3.8) is 0 Å². The smallest absolute Gasteiger partial charge is 0.0948 e. The molecule has 0 radical (unpaired) electrons. The second kappa shape index (κ2) is 19.7. The van der Waals surface area contributed by atoms with Crippen LogP contribution in [0.2, 0.25) is 0 Å². The molecule has 0 aliphatic rings. The van der Waals surface area contributed by atoms with Crippen LogP contribution in [0.4, 0.5) is 0 Å². The summed E-state index contributed by atoms with van der Waals surface area (Å²) in [6.07, 6.45) is 32.5. The standard InChI is InChI=1S/C32H54N2/c1-3-5-7-9-10-11-12-13-14-15-16-21-25-32(34-27-26-33-29-34)31(24-20-8-6-4-2)28-30-22-18-17-19-23-30/h17-19,22-23,26-27,29,31-32H,3-16,20-21,24-25,28H2,1-2H3. The second-order valence-corrected chi connectivity index (χ2v) is 10.6. The minimum atomic E-state index is 0.576. The van der Waals surface area contributed by atoms with E-state index in [-0.39, 0.29) is 0 Å². The number of hydrogen-bond acceptors (Lipinski definition) is 1. The molecule has 0 fully saturated rings. The molecule has 2 rings (SSSR count). The Kier molecular flexibility index (Phi) is 16.6. The normalized spacial score (nSPS) is 13.2. The molecule has 2 unspecified atom stereocenters. The van der Waals surface area contributed by atoms with E-state index in [2.05, 4.69) is 66.3 Å². The quantitative estimate of drug-likeness (QED) is 0.158. The van der Waals surface area contributed by atoms with Crippen LogP contribution in [-0.4, -0.2) is 9.55 Å². The fraction of sp³-hybridized carbons (Fsp3) is 0.719. The van der Waals surface area contributed by atoms with Gasteiger partial charge in [0.05, 0.1) is 6.33 Å². The number of hydrogen-bond donors (Lipinski definition) is 0. The fourth-order valence-electron chi connectivity index (χ4n) is 5.47. The Morgan fingerprint density at radius 1 is 0.647 bits per heavy atom. The van der Waals surface area contributed by atoms with E-state index in [4.69, 9.17) is 0 Å². The molecule has 1 aromatic heterocycles. The van der Waals surface area contributed by atoms with Crippen molar-refractivity contribution in [2.45, 2.75) is 142 Å². The van der Waals surface area contributed by atoms with Crippen molar-refractivity contribution in [2.75, 3.05) is 0 Å². The van der Waals surface area contributed by atoms with Gasteiger partial charge >= 0.3 is 0 Å². The Balaban J connectivity index is 1.77. The average Bonchev–Trinajstić information content (AvgIpc) is 3.39. The van der Waals surface area contributed by atoms with Crippen LogP contribution in [0.5, 0.6) is 0 Å². The molecule has 1 aromatic carbocycles. The first-order chi connectivity index (χ1) is 16.8. The minimum Gasteiger partial charge on any atom is -0.334 e. The summed E-state index contributed by atoms with van der Waals surface area (Å²) in [5, 5.41) is 0. The fourth-order valence-corrected chi connectivity index (χ4v) is 5.47. The average molecular weight is 467 g/mol. The van der Waals surface area contributed by atoms with Gasteiger partial charge in [-0.3, -0.25) is 0 Å². The van der Waals surface area contributed by atoms with Gasteiger partial charge in [-0.05, 0) is 30.7 Å². The van der Waals surface area contributed by atoms with Crippen LogP contribution in [0.15, 0.2) is 49.1 Å². The lowest BCUT2D eigenvalue weighted by atomic mass is 9.84. The molecule has 0 spiro atoms. The van der Waals surface area contributed by atoms with Gasteiger partial charge in [0.2, 0.25) is 0 Å². The minimum absolute atomic E-state index is 0.576. The van der Waals surface area contributed by atoms with E-state index in [1.807, 2.05) is 6.20 Å². The maximum absolute atomic E-state index is 4.41. The highest BCUT2D eigenvalue weighted by Gasteiger charge is 2.22. The van der Waals surface area contributed by atoms with E-state index >= 15 is 0 Å². The Bertz CT molecular complexity index is 664. The van der Waals surface area contributed by atoms with E-state index in [0.717, 1.165) is 0 Å². The molecule has 2 heteroatoms. The van der Waals surface area contributed by atoms with E-state index in [1.165, 1.54) is 128 Å². The zero-order chi connectivity index (χ0) is 24.1. The number of imidazole rings is 1. The zero-order valence-electron chi connectivity index (χ0n) is 22.6. The summed E-state index contributed by atoms with van der Waals surface area (Å²) >= 11 is 0. The lowest BCUT2D eigenvalue weighted by Crippen LogP contribution is -2.21. The Morgan fingerprint density at radius 2 is 1.18 bits per heavy atom. The molecule has 2 atom stereocenters.